The Kier molecular flexibility index (Phi) is 2.94. The van der Waals surface area contributed by atoms with Gasteiger partial charge in [0.05, 0.1) is 10.5 Å². The first-order valence-corrected chi connectivity index (χ1v) is 6.90. The lowest BCUT2D eigenvalue weighted by atomic mass is 10.1. The zero-order chi connectivity index (χ0) is 14.3. The van der Waals surface area contributed by atoms with E-state index in [4.69, 9.17) is 0 Å². The van der Waals surface area contributed by atoms with Crippen LogP contribution in [0, 0.1) is 0 Å². The van der Waals surface area contributed by atoms with Crippen molar-refractivity contribution in [1.29, 1.82) is 0 Å². The van der Waals surface area contributed by atoms with Crippen LogP contribution in [0.25, 0.3) is 11.6 Å². The molecule has 2 N–H and O–H groups in total. The van der Waals surface area contributed by atoms with Crippen LogP contribution in [0.1, 0.15) is 20.9 Å². The lowest BCUT2D eigenvalue weighted by Gasteiger charge is -2.07. The number of carbonyl (C=O) groups excluding carboxylic acids is 2. The number of nitrogens with one attached hydrogen (secondary N) is 2. The Labute approximate surface area is 119 Å². The van der Waals surface area contributed by atoms with Crippen LogP contribution < -0.4 is 5.32 Å². The van der Waals surface area contributed by atoms with Crippen molar-refractivity contribution in [3.05, 3.63) is 40.5 Å². The van der Waals surface area contributed by atoms with E-state index in [9.17, 15) is 9.59 Å². The van der Waals surface area contributed by atoms with Crippen LogP contribution in [0.2, 0.25) is 0 Å². The van der Waals surface area contributed by atoms with Gasteiger partial charge in [-0.15, -0.1) is 11.3 Å². The number of anilines is 1. The molecule has 0 atom stereocenters. The van der Waals surface area contributed by atoms with Gasteiger partial charge in [-0.05, 0) is 24.3 Å². The molecule has 0 bridgehead atoms. The molecule has 6 heteroatoms. The minimum Gasteiger partial charge on any atom is -0.362 e. The van der Waals surface area contributed by atoms with Gasteiger partial charge in [0.15, 0.2) is 0 Å². The van der Waals surface area contributed by atoms with Crippen molar-refractivity contribution < 1.29 is 9.59 Å². The van der Waals surface area contributed by atoms with E-state index in [0.717, 1.165) is 16.3 Å². The zero-order valence-corrected chi connectivity index (χ0v) is 11.9. The summed E-state index contributed by atoms with van der Waals surface area (Å²) in [4.78, 5) is 29.1. The molecule has 1 aliphatic rings. The molecule has 0 unspecified atom stereocenters. The summed E-state index contributed by atoms with van der Waals surface area (Å²) < 4.78 is 0. The second-order valence-electron chi connectivity index (χ2n) is 4.69. The summed E-state index contributed by atoms with van der Waals surface area (Å²) in [6.45, 7) is 0. The van der Waals surface area contributed by atoms with E-state index in [1.165, 1.54) is 16.2 Å². The molecule has 2 aromatic rings. The Morgan fingerprint density at radius 2 is 2.20 bits per heavy atom. The fraction of sp³-hybridized carbons (Fsp3) is 0.143. The molecule has 0 spiro atoms. The van der Waals surface area contributed by atoms with Gasteiger partial charge < -0.3 is 15.2 Å². The molecule has 1 aliphatic heterocycles. The molecule has 2 aromatic heterocycles. The number of nitrogens with zero attached hydrogens (tertiary/aromatic N) is 1. The van der Waals surface area contributed by atoms with Gasteiger partial charge in [-0.1, -0.05) is 0 Å². The minimum atomic E-state index is -0.135. The average Bonchev–Trinajstić information content (AvgIpc) is 3.08. The SMILES string of the molecule is CN(C)C(=O)c1cc2c(s1)NC(=O)/C2=C/c1ccc[nH]1. The Balaban J connectivity index is 2.02. The van der Waals surface area contributed by atoms with Crippen LogP contribution in [0.3, 0.4) is 0 Å². The molecule has 20 heavy (non-hydrogen) atoms. The summed E-state index contributed by atoms with van der Waals surface area (Å²) in [6.07, 6.45) is 3.59. The van der Waals surface area contributed by atoms with Crippen molar-refractivity contribution in [3.8, 4) is 0 Å². The molecule has 2 amide bonds. The molecule has 0 saturated carbocycles. The first kappa shape index (κ1) is 12.7. The van der Waals surface area contributed by atoms with Gasteiger partial charge in [0.25, 0.3) is 11.8 Å². The average molecular weight is 287 g/mol. The van der Waals surface area contributed by atoms with Gasteiger partial charge >= 0.3 is 0 Å². The van der Waals surface area contributed by atoms with Gasteiger partial charge in [0.2, 0.25) is 0 Å². The fourth-order valence-electron chi connectivity index (χ4n) is 2.04. The summed E-state index contributed by atoms with van der Waals surface area (Å²) in [7, 11) is 3.42. The highest BCUT2D eigenvalue weighted by molar-refractivity contribution is 7.18. The number of rotatable bonds is 2. The summed E-state index contributed by atoms with van der Waals surface area (Å²) in [6, 6.07) is 5.53. The van der Waals surface area contributed by atoms with E-state index >= 15 is 0 Å². The van der Waals surface area contributed by atoms with Gasteiger partial charge in [0.1, 0.15) is 5.00 Å². The molecular formula is C14H13N3O2S. The zero-order valence-electron chi connectivity index (χ0n) is 11.1. The molecule has 3 heterocycles. The van der Waals surface area contributed by atoms with E-state index in [1.54, 1.807) is 32.4 Å². The van der Waals surface area contributed by atoms with Gasteiger partial charge in [-0.25, -0.2) is 0 Å². The van der Waals surface area contributed by atoms with Crippen LogP contribution in [0.15, 0.2) is 24.4 Å². The number of thiophene rings is 1. The van der Waals surface area contributed by atoms with E-state index in [-0.39, 0.29) is 11.8 Å². The first-order chi connectivity index (χ1) is 9.56. The molecule has 102 valence electrons. The quantitative estimate of drug-likeness (QED) is 0.832. The van der Waals surface area contributed by atoms with Crippen LogP contribution in [0.5, 0.6) is 0 Å². The summed E-state index contributed by atoms with van der Waals surface area (Å²) in [5.41, 5.74) is 2.23. The van der Waals surface area contributed by atoms with Gasteiger partial charge in [-0.2, -0.15) is 0 Å². The number of H-pyrrole nitrogens is 1. The number of aromatic nitrogens is 1. The minimum absolute atomic E-state index is 0.0575. The van der Waals surface area contributed by atoms with E-state index in [1.807, 2.05) is 12.1 Å². The maximum absolute atomic E-state index is 12.0. The van der Waals surface area contributed by atoms with Crippen LogP contribution in [-0.2, 0) is 4.79 Å². The summed E-state index contributed by atoms with van der Waals surface area (Å²) >= 11 is 1.30. The maximum Gasteiger partial charge on any atom is 0.263 e. The van der Waals surface area contributed by atoms with Crippen molar-refractivity contribution in [2.75, 3.05) is 19.4 Å². The van der Waals surface area contributed by atoms with E-state index in [2.05, 4.69) is 10.3 Å². The summed E-state index contributed by atoms with van der Waals surface area (Å²) in [5.74, 6) is -0.192. The third kappa shape index (κ3) is 2.04. The Morgan fingerprint density at radius 1 is 1.40 bits per heavy atom. The second-order valence-corrected chi connectivity index (χ2v) is 5.74. The van der Waals surface area contributed by atoms with Crippen molar-refractivity contribution in [1.82, 2.24) is 9.88 Å². The van der Waals surface area contributed by atoms with Crippen LogP contribution in [0.4, 0.5) is 5.00 Å². The molecule has 0 aromatic carbocycles. The molecule has 5 nitrogen and oxygen atoms in total. The fourth-order valence-corrected chi connectivity index (χ4v) is 3.12. The highest BCUT2D eigenvalue weighted by Gasteiger charge is 2.28. The van der Waals surface area contributed by atoms with Crippen molar-refractivity contribution in [2.24, 2.45) is 0 Å². The molecule has 0 radical (unpaired) electrons. The van der Waals surface area contributed by atoms with E-state index < -0.39 is 0 Å². The lowest BCUT2D eigenvalue weighted by molar-refractivity contribution is -0.110. The lowest BCUT2D eigenvalue weighted by Crippen LogP contribution is -2.20. The topological polar surface area (TPSA) is 65.2 Å². The van der Waals surface area contributed by atoms with Gasteiger partial charge in [-0.3, -0.25) is 9.59 Å². The first-order valence-electron chi connectivity index (χ1n) is 6.08. The monoisotopic (exact) mass is 287 g/mol. The molecule has 0 aliphatic carbocycles. The molecule has 0 saturated heterocycles. The molecule has 3 rings (SSSR count). The highest BCUT2D eigenvalue weighted by atomic mass is 32.1. The normalized spacial score (nSPS) is 15.3. The Morgan fingerprint density at radius 3 is 2.85 bits per heavy atom. The van der Waals surface area contributed by atoms with E-state index in [0.29, 0.717) is 10.5 Å². The number of hydrogen-bond acceptors (Lipinski definition) is 3. The number of carbonyl (C=O) groups is 2. The predicted octanol–water partition coefficient (Wildman–Crippen LogP) is 2.27. The van der Waals surface area contributed by atoms with Crippen LogP contribution in [-0.4, -0.2) is 35.8 Å². The third-order valence-electron chi connectivity index (χ3n) is 3.03. The van der Waals surface area contributed by atoms with Crippen molar-refractivity contribution >= 4 is 39.8 Å². The predicted molar refractivity (Wildman–Crippen MR) is 79.6 cm³/mol. The third-order valence-corrected chi connectivity index (χ3v) is 4.07. The highest BCUT2D eigenvalue weighted by Crippen LogP contribution is 2.40. The number of amides is 2. The smallest absolute Gasteiger partial charge is 0.263 e. The molecular weight excluding hydrogens is 274 g/mol. The number of hydrogen-bond donors (Lipinski definition) is 2. The molecule has 0 fully saturated rings. The van der Waals surface area contributed by atoms with Crippen LogP contribution >= 0.6 is 11.3 Å². The largest absolute Gasteiger partial charge is 0.362 e. The summed E-state index contributed by atoms with van der Waals surface area (Å²) in [5, 5.41) is 3.54. The second kappa shape index (κ2) is 4.64. The number of fused-ring (bicyclic) bond motifs is 1. The van der Waals surface area contributed by atoms with Crippen molar-refractivity contribution in [3.63, 3.8) is 0 Å². The maximum atomic E-state index is 12.0. The Hall–Kier alpha value is -2.34. The standard InChI is InChI=1S/C14H13N3O2S/c1-17(2)14(19)11-7-10-9(6-8-4-3-5-15-8)12(18)16-13(10)20-11/h3-7,15H,1-2H3,(H,16,18)/b9-6+. The van der Waals surface area contributed by atoms with Crippen molar-refractivity contribution in [2.45, 2.75) is 0 Å². The Bertz CT molecular complexity index is 711. The number of aromatic amines is 1. The van der Waals surface area contributed by atoms with Gasteiger partial charge in [0, 0.05) is 31.5 Å².